The maximum absolute atomic E-state index is 12.7. The van der Waals surface area contributed by atoms with Crippen LogP contribution in [0.15, 0.2) is 0 Å². The highest BCUT2D eigenvalue weighted by Gasteiger charge is 2.19. The van der Waals surface area contributed by atoms with Gasteiger partial charge in [0.05, 0.1) is 0 Å². The molecular formula is C54H104O6. The lowest BCUT2D eigenvalue weighted by atomic mass is 10.0. The molecule has 6 heteroatoms. The second-order valence-corrected chi connectivity index (χ2v) is 19.5. The normalized spacial score (nSPS) is 12.1. The first-order valence-electron chi connectivity index (χ1n) is 26.7. The Kier molecular flexibility index (Phi) is 45.7. The van der Waals surface area contributed by atoms with Crippen LogP contribution < -0.4 is 0 Å². The number of rotatable bonds is 48. The number of carbonyl (C=O) groups excluding carboxylic acids is 3. The predicted molar refractivity (Wildman–Crippen MR) is 256 cm³/mol. The van der Waals surface area contributed by atoms with Crippen molar-refractivity contribution in [2.45, 2.75) is 304 Å². The van der Waals surface area contributed by atoms with Crippen LogP contribution in [0.1, 0.15) is 298 Å². The van der Waals surface area contributed by atoms with Crippen LogP contribution in [0.3, 0.4) is 0 Å². The number of carbonyl (C=O) groups is 3. The van der Waals surface area contributed by atoms with E-state index in [1.165, 1.54) is 186 Å². The van der Waals surface area contributed by atoms with Gasteiger partial charge < -0.3 is 14.2 Å². The third-order valence-corrected chi connectivity index (χ3v) is 12.2. The fourth-order valence-corrected chi connectivity index (χ4v) is 8.17. The van der Waals surface area contributed by atoms with E-state index in [1.54, 1.807) is 0 Å². The van der Waals surface area contributed by atoms with Gasteiger partial charge in [-0.15, -0.1) is 0 Å². The maximum Gasteiger partial charge on any atom is 0.306 e. The number of unbranched alkanes of at least 4 members (excludes halogenated alkanes) is 33. The van der Waals surface area contributed by atoms with Crippen LogP contribution in [0, 0.1) is 11.8 Å². The second-order valence-electron chi connectivity index (χ2n) is 19.5. The molecule has 0 aliphatic rings. The van der Waals surface area contributed by atoms with E-state index in [1.807, 2.05) is 0 Å². The molecule has 0 N–H and O–H groups in total. The molecule has 0 fully saturated rings. The molecule has 0 saturated carbocycles. The summed E-state index contributed by atoms with van der Waals surface area (Å²) >= 11 is 0. The molecule has 0 aliphatic carbocycles. The summed E-state index contributed by atoms with van der Waals surface area (Å²) in [6.45, 7) is 11.4. The summed E-state index contributed by atoms with van der Waals surface area (Å²) in [5.74, 6) is 0.824. The molecule has 0 heterocycles. The van der Waals surface area contributed by atoms with Gasteiger partial charge in [-0.3, -0.25) is 14.4 Å². The van der Waals surface area contributed by atoms with Crippen molar-refractivity contribution in [3.8, 4) is 0 Å². The number of esters is 3. The Labute approximate surface area is 374 Å². The zero-order valence-corrected chi connectivity index (χ0v) is 41.1. The first-order chi connectivity index (χ1) is 29.2. The molecular weight excluding hydrogens is 745 g/mol. The summed E-state index contributed by atoms with van der Waals surface area (Å²) in [5.41, 5.74) is 0. The first kappa shape index (κ1) is 58.4. The van der Waals surface area contributed by atoms with Gasteiger partial charge in [0.15, 0.2) is 6.10 Å². The van der Waals surface area contributed by atoms with Gasteiger partial charge in [0.25, 0.3) is 0 Å². The van der Waals surface area contributed by atoms with E-state index in [-0.39, 0.29) is 31.1 Å². The fraction of sp³-hybridized carbons (Fsp3) is 0.944. The van der Waals surface area contributed by atoms with Gasteiger partial charge >= 0.3 is 17.9 Å². The molecule has 0 amide bonds. The summed E-state index contributed by atoms with van der Waals surface area (Å²) in [6, 6.07) is 0. The molecule has 0 aromatic rings. The Morgan fingerprint density at radius 2 is 0.550 bits per heavy atom. The van der Waals surface area contributed by atoms with E-state index in [0.717, 1.165) is 69.6 Å². The van der Waals surface area contributed by atoms with E-state index in [4.69, 9.17) is 14.2 Å². The van der Waals surface area contributed by atoms with Gasteiger partial charge in [0, 0.05) is 19.3 Å². The Hall–Kier alpha value is -1.59. The third kappa shape index (κ3) is 47.5. The van der Waals surface area contributed by atoms with Crippen LogP contribution >= 0.6 is 0 Å². The first-order valence-corrected chi connectivity index (χ1v) is 26.7. The summed E-state index contributed by atoms with van der Waals surface area (Å²) < 4.78 is 16.8. The Bertz CT molecular complexity index is 916. The molecule has 356 valence electrons. The van der Waals surface area contributed by atoms with Gasteiger partial charge in [0.2, 0.25) is 0 Å². The summed E-state index contributed by atoms with van der Waals surface area (Å²) in [5, 5.41) is 0. The monoisotopic (exact) mass is 849 g/mol. The van der Waals surface area contributed by atoms with Crippen LogP contribution in [-0.4, -0.2) is 37.2 Å². The van der Waals surface area contributed by atoms with Crippen LogP contribution in [0.25, 0.3) is 0 Å². The third-order valence-electron chi connectivity index (χ3n) is 12.2. The summed E-state index contributed by atoms with van der Waals surface area (Å²) in [4.78, 5) is 37.9. The molecule has 1 atom stereocenters. The van der Waals surface area contributed by atoms with Crippen molar-refractivity contribution < 1.29 is 28.6 Å². The summed E-state index contributed by atoms with van der Waals surface area (Å²) in [6.07, 6.45) is 48.1. The molecule has 0 aromatic heterocycles. The molecule has 0 aromatic carbocycles. The van der Waals surface area contributed by atoms with Gasteiger partial charge in [0.1, 0.15) is 13.2 Å². The van der Waals surface area contributed by atoms with Crippen molar-refractivity contribution in [2.75, 3.05) is 13.2 Å². The highest BCUT2D eigenvalue weighted by Crippen LogP contribution is 2.18. The Morgan fingerprint density at radius 3 is 0.817 bits per heavy atom. The van der Waals surface area contributed by atoms with E-state index < -0.39 is 6.10 Å². The molecule has 0 rings (SSSR count). The fourth-order valence-electron chi connectivity index (χ4n) is 8.17. The van der Waals surface area contributed by atoms with Gasteiger partial charge in [-0.1, -0.05) is 259 Å². The van der Waals surface area contributed by atoms with Crippen molar-refractivity contribution in [3.05, 3.63) is 0 Å². The maximum atomic E-state index is 12.7. The van der Waals surface area contributed by atoms with Gasteiger partial charge in [-0.05, 0) is 31.1 Å². The van der Waals surface area contributed by atoms with Crippen LogP contribution in [0.2, 0.25) is 0 Å². The van der Waals surface area contributed by atoms with Crippen LogP contribution in [0.5, 0.6) is 0 Å². The van der Waals surface area contributed by atoms with E-state index in [0.29, 0.717) is 19.3 Å². The molecule has 0 radical (unpaired) electrons. The number of hydrogen-bond acceptors (Lipinski definition) is 6. The second kappa shape index (κ2) is 46.9. The van der Waals surface area contributed by atoms with Crippen molar-refractivity contribution in [2.24, 2.45) is 11.8 Å². The smallest absolute Gasteiger partial charge is 0.306 e. The Balaban J connectivity index is 4.22. The zero-order valence-electron chi connectivity index (χ0n) is 41.1. The predicted octanol–water partition coefficient (Wildman–Crippen LogP) is 17.3. The molecule has 0 aliphatic heterocycles. The summed E-state index contributed by atoms with van der Waals surface area (Å²) in [7, 11) is 0. The minimum absolute atomic E-state index is 0.0634. The van der Waals surface area contributed by atoms with Crippen molar-refractivity contribution in [1.82, 2.24) is 0 Å². The van der Waals surface area contributed by atoms with Crippen molar-refractivity contribution in [1.29, 1.82) is 0 Å². The van der Waals surface area contributed by atoms with E-state index in [2.05, 4.69) is 34.6 Å². The minimum Gasteiger partial charge on any atom is -0.462 e. The quantitative estimate of drug-likeness (QED) is 0.0345. The molecule has 0 saturated heterocycles. The standard InChI is InChI=1S/C54H104O6/c1-6-7-8-9-10-11-24-31-36-41-46-54(57)60-51(48-59-53(56)45-40-35-30-26-21-20-23-28-33-38-43-50(4)5)47-58-52(55)44-39-34-29-25-19-17-15-13-12-14-16-18-22-27-32-37-42-49(2)3/h49-51H,6-48H2,1-5H3/t51-/m0/s1. The largest absolute Gasteiger partial charge is 0.462 e. The number of ether oxygens (including phenoxy) is 3. The topological polar surface area (TPSA) is 78.9 Å². The molecule has 6 nitrogen and oxygen atoms in total. The molecule has 0 spiro atoms. The van der Waals surface area contributed by atoms with Crippen LogP contribution in [-0.2, 0) is 28.6 Å². The SMILES string of the molecule is CCCCCCCCCCCCC(=O)O[C@@H](COC(=O)CCCCCCCCCCCCCCCCCCC(C)C)COC(=O)CCCCCCCCCCCCC(C)C. The molecule has 0 bridgehead atoms. The van der Waals surface area contributed by atoms with Crippen LogP contribution in [0.4, 0.5) is 0 Å². The average Bonchev–Trinajstić information content (AvgIpc) is 3.22. The highest BCUT2D eigenvalue weighted by atomic mass is 16.6. The minimum atomic E-state index is -0.761. The Morgan fingerprint density at radius 1 is 0.317 bits per heavy atom. The van der Waals surface area contributed by atoms with Crippen molar-refractivity contribution >= 4 is 17.9 Å². The lowest BCUT2D eigenvalue weighted by Gasteiger charge is -2.18. The number of hydrogen-bond donors (Lipinski definition) is 0. The van der Waals surface area contributed by atoms with E-state index >= 15 is 0 Å². The van der Waals surface area contributed by atoms with E-state index in [9.17, 15) is 14.4 Å². The van der Waals surface area contributed by atoms with Crippen molar-refractivity contribution in [3.63, 3.8) is 0 Å². The molecule has 60 heavy (non-hydrogen) atoms. The van der Waals surface area contributed by atoms with Gasteiger partial charge in [-0.2, -0.15) is 0 Å². The molecule has 0 unspecified atom stereocenters. The lowest BCUT2D eigenvalue weighted by Crippen LogP contribution is -2.30. The highest BCUT2D eigenvalue weighted by molar-refractivity contribution is 5.71. The lowest BCUT2D eigenvalue weighted by molar-refractivity contribution is -0.167. The average molecular weight is 849 g/mol. The van der Waals surface area contributed by atoms with Gasteiger partial charge in [-0.25, -0.2) is 0 Å². The zero-order chi connectivity index (χ0) is 44.0.